The molecule has 1 aromatic heterocycles. The Labute approximate surface area is 163 Å². The Bertz CT molecular complexity index is 780. The maximum Gasteiger partial charge on any atom is 0.410 e. The largest absolute Gasteiger partial charge is 0.444 e. The molecular formula is C18H24ClN5O3. The Hall–Kier alpha value is -2.09. The highest BCUT2D eigenvalue weighted by molar-refractivity contribution is 6.28. The number of carbonyl (C=O) groups is 2. The summed E-state index contributed by atoms with van der Waals surface area (Å²) in [6.45, 7) is 7.50. The molecule has 0 spiro atoms. The third-order valence-electron chi connectivity index (χ3n) is 5.22. The number of nitrogens with zero attached hydrogens (tertiary/aromatic N) is 4. The highest BCUT2D eigenvalue weighted by Gasteiger charge is 2.45. The van der Waals surface area contributed by atoms with Crippen LogP contribution in [-0.4, -0.2) is 64.2 Å². The van der Waals surface area contributed by atoms with Crippen molar-refractivity contribution in [2.75, 3.05) is 24.5 Å². The van der Waals surface area contributed by atoms with Gasteiger partial charge in [-0.1, -0.05) is 0 Å². The van der Waals surface area contributed by atoms with Crippen LogP contribution in [-0.2, 0) is 11.2 Å². The minimum absolute atomic E-state index is 0.0698. The van der Waals surface area contributed by atoms with Gasteiger partial charge in [0, 0.05) is 25.2 Å². The van der Waals surface area contributed by atoms with E-state index in [1.165, 1.54) is 0 Å². The predicted molar refractivity (Wildman–Crippen MR) is 100 cm³/mol. The molecule has 9 heteroatoms. The van der Waals surface area contributed by atoms with Crippen molar-refractivity contribution in [3.63, 3.8) is 0 Å². The van der Waals surface area contributed by atoms with E-state index < -0.39 is 5.60 Å². The summed E-state index contributed by atoms with van der Waals surface area (Å²) in [7, 11) is 0. The average Bonchev–Trinajstić information content (AvgIpc) is 2.84. The fraction of sp³-hybridized carbons (Fsp3) is 0.667. The normalized spacial score (nSPS) is 24.5. The van der Waals surface area contributed by atoms with Crippen molar-refractivity contribution in [2.45, 2.75) is 57.7 Å². The highest BCUT2D eigenvalue weighted by Crippen LogP contribution is 2.35. The van der Waals surface area contributed by atoms with Gasteiger partial charge in [-0.2, -0.15) is 0 Å². The van der Waals surface area contributed by atoms with Crippen LogP contribution in [0.15, 0.2) is 0 Å². The third-order valence-corrected chi connectivity index (χ3v) is 5.39. The van der Waals surface area contributed by atoms with Gasteiger partial charge in [-0.25, -0.2) is 14.8 Å². The molecule has 0 aliphatic carbocycles. The quantitative estimate of drug-likeness (QED) is 0.734. The first-order chi connectivity index (χ1) is 12.7. The summed E-state index contributed by atoms with van der Waals surface area (Å²) in [5.74, 6) is 0.512. The fourth-order valence-corrected chi connectivity index (χ4v) is 4.36. The molecule has 1 N–H and O–H groups in total. The fourth-order valence-electron chi connectivity index (χ4n) is 4.20. The van der Waals surface area contributed by atoms with Crippen molar-refractivity contribution in [1.29, 1.82) is 0 Å². The summed E-state index contributed by atoms with van der Waals surface area (Å²) in [5, 5.41) is 2.87. The number of halogens is 1. The lowest BCUT2D eigenvalue weighted by Gasteiger charge is -2.42. The maximum absolute atomic E-state index is 12.6. The first kappa shape index (κ1) is 18.3. The molecule has 146 valence electrons. The number of nitrogens with one attached hydrogen (secondary N) is 1. The summed E-state index contributed by atoms with van der Waals surface area (Å²) in [6.07, 6.45) is 2.29. The van der Waals surface area contributed by atoms with Gasteiger partial charge in [0.05, 0.1) is 12.1 Å². The summed E-state index contributed by atoms with van der Waals surface area (Å²) in [5.41, 5.74) is 0.687. The van der Waals surface area contributed by atoms with Crippen molar-refractivity contribution in [3.05, 3.63) is 16.5 Å². The molecule has 3 aliphatic heterocycles. The average molecular weight is 394 g/mol. The second-order valence-corrected chi connectivity index (χ2v) is 8.66. The molecule has 3 aliphatic rings. The Morgan fingerprint density at radius 1 is 1.22 bits per heavy atom. The Balaban J connectivity index is 1.59. The van der Waals surface area contributed by atoms with Crippen molar-refractivity contribution in [3.8, 4) is 0 Å². The number of ether oxygens (including phenoxy) is 1. The van der Waals surface area contributed by atoms with Crippen LogP contribution < -0.4 is 10.2 Å². The summed E-state index contributed by atoms with van der Waals surface area (Å²) in [6, 6.07) is 0.140. The Morgan fingerprint density at radius 3 is 2.52 bits per heavy atom. The van der Waals surface area contributed by atoms with Gasteiger partial charge in [0.25, 0.3) is 5.91 Å². The van der Waals surface area contributed by atoms with Gasteiger partial charge in [-0.15, -0.1) is 0 Å². The van der Waals surface area contributed by atoms with Gasteiger partial charge in [0.1, 0.15) is 17.1 Å². The number of rotatable bonds is 1. The smallest absolute Gasteiger partial charge is 0.410 e. The summed E-state index contributed by atoms with van der Waals surface area (Å²) in [4.78, 5) is 37.4. The summed E-state index contributed by atoms with van der Waals surface area (Å²) >= 11 is 6.09. The lowest BCUT2D eigenvalue weighted by Crippen LogP contribution is -2.57. The maximum atomic E-state index is 12.6. The van der Waals surface area contributed by atoms with Crippen molar-refractivity contribution in [1.82, 2.24) is 20.2 Å². The van der Waals surface area contributed by atoms with Crippen molar-refractivity contribution in [2.24, 2.45) is 0 Å². The van der Waals surface area contributed by atoms with E-state index in [0.717, 1.165) is 24.2 Å². The van der Waals surface area contributed by atoms with Crippen molar-refractivity contribution >= 4 is 29.4 Å². The molecule has 2 amide bonds. The van der Waals surface area contributed by atoms with Crippen LogP contribution in [0.3, 0.4) is 0 Å². The van der Waals surface area contributed by atoms with Gasteiger partial charge in [-0.3, -0.25) is 9.69 Å². The van der Waals surface area contributed by atoms with Gasteiger partial charge in [0.15, 0.2) is 0 Å². The monoisotopic (exact) mass is 393 g/mol. The molecule has 0 aromatic carbocycles. The third kappa shape index (κ3) is 3.42. The van der Waals surface area contributed by atoms with Crippen LogP contribution >= 0.6 is 11.6 Å². The molecule has 4 heterocycles. The molecule has 0 unspecified atom stereocenters. The van der Waals surface area contributed by atoms with E-state index in [1.807, 2.05) is 25.7 Å². The SMILES string of the molecule is CC(C)(C)OC(=O)N1[C@@H]2CC[C@H]1CN(c1nc(Cl)nc3c1CCNC3=O)C2. The molecule has 2 atom stereocenters. The zero-order chi connectivity index (χ0) is 19.3. The highest BCUT2D eigenvalue weighted by atomic mass is 35.5. The number of hydrogen-bond donors (Lipinski definition) is 1. The predicted octanol–water partition coefficient (Wildman–Crippen LogP) is 2.00. The van der Waals surface area contributed by atoms with E-state index in [0.29, 0.717) is 31.7 Å². The second kappa shape index (κ2) is 6.51. The zero-order valence-corrected chi connectivity index (χ0v) is 16.5. The Morgan fingerprint density at radius 2 is 1.89 bits per heavy atom. The van der Waals surface area contributed by atoms with Gasteiger partial charge >= 0.3 is 6.09 Å². The van der Waals surface area contributed by atoms with Gasteiger partial charge in [-0.05, 0) is 51.6 Å². The molecule has 0 radical (unpaired) electrons. The molecule has 2 fully saturated rings. The number of hydrogen-bond acceptors (Lipinski definition) is 6. The minimum atomic E-state index is -0.514. The first-order valence-electron chi connectivity index (χ1n) is 9.34. The van der Waals surface area contributed by atoms with E-state index in [9.17, 15) is 9.59 Å². The number of aromatic nitrogens is 2. The molecule has 2 bridgehead atoms. The molecule has 27 heavy (non-hydrogen) atoms. The molecule has 1 aromatic rings. The number of piperazine rings is 1. The molecular weight excluding hydrogens is 370 g/mol. The van der Waals surface area contributed by atoms with Crippen molar-refractivity contribution < 1.29 is 14.3 Å². The van der Waals surface area contributed by atoms with Crippen LogP contribution in [0.5, 0.6) is 0 Å². The van der Waals surface area contributed by atoms with Crippen LogP contribution in [0.2, 0.25) is 5.28 Å². The van der Waals surface area contributed by atoms with Gasteiger partial charge in [0.2, 0.25) is 5.28 Å². The topological polar surface area (TPSA) is 87.7 Å². The van der Waals surface area contributed by atoms with E-state index in [2.05, 4.69) is 20.2 Å². The molecule has 8 nitrogen and oxygen atoms in total. The number of carbonyl (C=O) groups excluding carboxylic acids is 2. The molecule has 0 saturated carbocycles. The minimum Gasteiger partial charge on any atom is -0.444 e. The van der Waals surface area contributed by atoms with Gasteiger partial charge < -0.3 is 15.0 Å². The second-order valence-electron chi connectivity index (χ2n) is 8.33. The van der Waals surface area contributed by atoms with Crippen LogP contribution in [0, 0.1) is 0 Å². The van der Waals surface area contributed by atoms with E-state index in [4.69, 9.17) is 16.3 Å². The number of anilines is 1. The standard InChI is InChI=1S/C18H24ClN5O3/c1-18(2,3)27-17(26)24-10-4-5-11(24)9-23(8-10)14-12-6-7-20-15(25)13(12)21-16(19)22-14/h10-11H,4-9H2,1-3H3,(H,20,25)/t10-,11+. The number of amides is 2. The first-order valence-corrected chi connectivity index (χ1v) is 9.71. The lowest BCUT2D eigenvalue weighted by atomic mass is 10.0. The lowest BCUT2D eigenvalue weighted by molar-refractivity contribution is 0.0122. The van der Waals surface area contributed by atoms with Crippen LogP contribution in [0.4, 0.5) is 10.6 Å². The molecule has 2 saturated heterocycles. The van der Waals surface area contributed by atoms with E-state index in [-0.39, 0.29) is 29.4 Å². The summed E-state index contributed by atoms with van der Waals surface area (Å²) < 4.78 is 5.59. The van der Waals surface area contributed by atoms with Crippen LogP contribution in [0.25, 0.3) is 0 Å². The zero-order valence-electron chi connectivity index (χ0n) is 15.8. The van der Waals surface area contributed by atoms with E-state index >= 15 is 0 Å². The Kier molecular flexibility index (Phi) is 4.41. The van der Waals surface area contributed by atoms with Crippen LogP contribution in [0.1, 0.15) is 49.7 Å². The number of fused-ring (bicyclic) bond motifs is 3. The molecule has 4 rings (SSSR count). The van der Waals surface area contributed by atoms with E-state index in [1.54, 1.807) is 0 Å².